The third kappa shape index (κ3) is 3.15. The summed E-state index contributed by atoms with van der Waals surface area (Å²) in [5.41, 5.74) is 1.55. The van der Waals surface area contributed by atoms with Crippen molar-refractivity contribution in [2.24, 2.45) is 0 Å². The van der Waals surface area contributed by atoms with Crippen LogP contribution in [0.15, 0.2) is 29.2 Å². The summed E-state index contributed by atoms with van der Waals surface area (Å²) in [4.78, 5) is 4.06. The van der Waals surface area contributed by atoms with E-state index >= 15 is 0 Å². The molecule has 0 N–H and O–H groups in total. The summed E-state index contributed by atoms with van der Waals surface area (Å²) in [6.45, 7) is 6.65. The Morgan fingerprint density at radius 1 is 1.32 bits per heavy atom. The molecule has 0 radical (unpaired) electrons. The van der Waals surface area contributed by atoms with E-state index in [9.17, 15) is 0 Å². The number of hydrogen-bond donors (Lipinski definition) is 0. The maximum atomic E-state index is 5.77. The van der Waals surface area contributed by atoms with Crippen molar-refractivity contribution in [3.63, 3.8) is 0 Å². The van der Waals surface area contributed by atoms with E-state index in [0.29, 0.717) is 12.0 Å². The lowest BCUT2D eigenvalue weighted by atomic mass is 10.0. The molecule has 2 unspecified atom stereocenters. The number of fused-ring (bicyclic) bond motifs is 1. The smallest absolute Gasteiger partial charge is 0.0702 e. The van der Waals surface area contributed by atoms with Gasteiger partial charge in [0.25, 0.3) is 0 Å². The minimum Gasteiger partial charge on any atom is -0.377 e. The molecule has 2 heterocycles. The van der Waals surface area contributed by atoms with Gasteiger partial charge in [0.15, 0.2) is 0 Å². The monoisotopic (exact) mass is 277 g/mol. The zero-order valence-electron chi connectivity index (χ0n) is 11.7. The van der Waals surface area contributed by atoms with Crippen molar-refractivity contribution in [3.05, 3.63) is 29.8 Å². The van der Waals surface area contributed by atoms with Gasteiger partial charge in [-0.15, -0.1) is 11.8 Å². The lowest BCUT2D eigenvalue weighted by Crippen LogP contribution is -2.35. The van der Waals surface area contributed by atoms with Gasteiger partial charge in [-0.2, -0.15) is 0 Å². The molecule has 3 rings (SSSR count). The molecule has 0 aliphatic carbocycles. The Balaban J connectivity index is 1.60. The van der Waals surface area contributed by atoms with Crippen LogP contribution in [0.1, 0.15) is 31.2 Å². The fraction of sp³-hybridized carbons (Fsp3) is 0.625. The van der Waals surface area contributed by atoms with E-state index < -0.39 is 0 Å². The zero-order chi connectivity index (χ0) is 13.1. The minimum absolute atomic E-state index is 0.476. The first-order chi connectivity index (χ1) is 9.36. The van der Waals surface area contributed by atoms with Crippen LogP contribution in [0.3, 0.4) is 0 Å². The van der Waals surface area contributed by atoms with Gasteiger partial charge in [-0.05, 0) is 31.0 Å². The molecule has 3 heteroatoms. The molecule has 2 atom stereocenters. The fourth-order valence-corrected chi connectivity index (χ4v) is 4.34. The maximum absolute atomic E-state index is 5.77. The molecule has 2 aliphatic heterocycles. The van der Waals surface area contributed by atoms with E-state index in [-0.39, 0.29) is 0 Å². The number of nitrogens with zero attached hydrogens (tertiary/aromatic N) is 1. The SMILES string of the molecule is CCN(CC1CCCO1)CC1CSc2ccccc21. The van der Waals surface area contributed by atoms with E-state index in [1.165, 1.54) is 30.0 Å². The van der Waals surface area contributed by atoms with Crippen molar-refractivity contribution < 1.29 is 4.74 Å². The van der Waals surface area contributed by atoms with E-state index in [2.05, 4.69) is 36.1 Å². The highest BCUT2D eigenvalue weighted by Crippen LogP contribution is 2.39. The summed E-state index contributed by atoms with van der Waals surface area (Å²) >= 11 is 2.01. The second-order valence-corrected chi connectivity index (χ2v) is 6.59. The van der Waals surface area contributed by atoms with Gasteiger partial charge >= 0.3 is 0 Å². The van der Waals surface area contributed by atoms with Gasteiger partial charge in [0.2, 0.25) is 0 Å². The molecule has 19 heavy (non-hydrogen) atoms. The normalized spacial score (nSPS) is 26.0. The van der Waals surface area contributed by atoms with Crippen molar-refractivity contribution >= 4 is 11.8 Å². The zero-order valence-corrected chi connectivity index (χ0v) is 12.5. The predicted molar refractivity (Wildman–Crippen MR) is 81.0 cm³/mol. The summed E-state index contributed by atoms with van der Waals surface area (Å²) in [6.07, 6.45) is 2.96. The first kappa shape index (κ1) is 13.5. The maximum Gasteiger partial charge on any atom is 0.0702 e. The molecule has 1 fully saturated rings. The number of benzene rings is 1. The third-order valence-corrected chi connectivity index (χ3v) is 5.46. The number of hydrogen-bond acceptors (Lipinski definition) is 3. The summed E-state index contributed by atoms with van der Waals surface area (Å²) in [6, 6.07) is 8.89. The molecule has 0 aromatic heterocycles. The average molecular weight is 277 g/mol. The van der Waals surface area contributed by atoms with Crippen LogP contribution in [-0.2, 0) is 4.74 Å². The third-order valence-electron chi connectivity index (χ3n) is 4.21. The Labute approximate surface area is 120 Å². The van der Waals surface area contributed by atoms with Crippen LogP contribution in [0.4, 0.5) is 0 Å². The number of rotatable bonds is 5. The summed E-state index contributed by atoms with van der Waals surface area (Å²) in [5, 5.41) is 0. The van der Waals surface area contributed by atoms with Gasteiger partial charge in [0.05, 0.1) is 6.10 Å². The van der Waals surface area contributed by atoms with Gasteiger partial charge in [-0.1, -0.05) is 25.1 Å². The summed E-state index contributed by atoms with van der Waals surface area (Å²) in [5.74, 6) is 1.93. The summed E-state index contributed by atoms with van der Waals surface area (Å²) < 4.78 is 5.77. The molecule has 1 aromatic carbocycles. The lowest BCUT2D eigenvalue weighted by molar-refractivity contribution is 0.0734. The highest BCUT2D eigenvalue weighted by atomic mass is 32.2. The van der Waals surface area contributed by atoms with Crippen LogP contribution < -0.4 is 0 Å². The van der Waals surface area contributed by atoms with E-state index in [4.69, 9.17) is 4.74 Å². The molecular weight excluding hydrogens is 254 g/mol. The van der Waals surface area contributed by atoms with Crippen LogP contribution in [0.2, 0.25) is 0 Å². The molecule has 0 bridgehead atoms. The van der Waals surface area contributed by atoms with Crippen LogP contribution >= 0.6 is 11.8 Å². The first-order valence-corrected chi connectivity index (χ1v) is 8.41. The standard InChI is InChI=1S/C16H23NOS/c1-2-17(11-14-6-5-9-18-14)10-13-12-19-16-8-4-3-7-15(13)16/h3-4,7-8,13-14H,2,5-6,9-12H2,1H3. The van der Waals surface area contributed by atoms with Gasteiger partial charge < -0.3 is 9.64 Å². The molecule has 0 spiro atoms. The van der Waals surface area contributed by atoms with Gasteiger partial charge in [-0.3, -0.25) is 0 Å². The number of likely N-dealkylation sites (N-methyl/N-ethyl adjacent to an activating group) is 1. The molecule has 1 saturated heterocycles. The van der Waals surface area contributed by atoms with Crippen LogP contribution in [-0.4, -0.2) is 43.0 Å². The van der Waals surface area contributed by atoms with Gasteiger partial charge in [0, 0.05) is 36.3 Å². The first-order valence-electron chi connectivity index (χ1n) is 7.42. The number of thioether (sulfide) groups is 1. The van der Waals surface area contributed by atoms with Crippen molar-refractivity contribution in [1.82, 2.24) is 4.90 Å². The average Bonchev–Trinajstić information content (AvgIpc) is 3.08. The van der Waals surface area contributed by atoms with E-state index in [0.717, 1.165) is 19.7 Å². The Hall–Kier alpha value is -0.510. The second kappa shape index (κ2) is 6.29. The van der Waals surface area contributed by atoms with Crippen LogP contribution in [0.5, 0.6) is 0 Å². The Kier molecular flexibility index (Phi) is 4.46. The quantitative estimate of drug-likeness (QED) is 0.818. The molecule has 2 nitrogen and oxygen atoms in total. The Morgan fingerprint density at radius 2 is 2.21 bits per heavy atom. The van der Waals surface area contributed by atoms with Crippen molar-refractivity contribution in [2.75, 3.05) is 32.0 Å². The summed E-state index contributed by atoms with van der Waals surface area (Å²) in [7, 11) is 0. The Bertz CT molecular complexity index is 417. The van der Waals surface area contributed by atoms with E-state index in [1.807, 2.05) is 11.8 Å². The van der Waals surface area contributed by atoms with Crippen molar-refractivity contribution in [3.8, 4) is 0 Å². The molecule has 104 valence electrons. The van der Waals surface area contributed by atoms with Crippen molar-refractivity contribution in [2.45, 2.75) is 36.7 Å². The molecule has 1 aromatic rings. The van der Waals surface area contributed by atoms with Gasteiger partial charge in [-0.25, -0.2) is 0 Å². The van der Waals surface area contributed by atoms with E-state index in [1.54, 1.807) is 5.56 Å². The lowest BCUT2D eigenvalue weighted by Gasteiger charge is -2.26. The molecule has 0 amide bonds. The largest absolute Gasteiger partial charge is 0.377 e. The fourth-order valence-electron chi connectivity index (χ4n) is 3.10. The molecule has 0 saturated carbocycles. The predicted octanol–water partition coefficient (Wildman–Crippen LogP) is 3.38. The van der Waals surface area contributed by atoms with Crippen molar-refractivity contribution in [1.29, 1.82) is 0 Å². The van der Waals surface area contributed by atoms with Gasteiger partial charge in [0.1, 0.15) is 0 Å². The Morgan fingerprint density at radius 3 is 3.00 bits per heavy atom. The van der Waals surface area contributed by atoms with Crippen LogP contribution in [0, 0.1) is 0 Å². The number of ether oxygens (including phenoxy) is 1. The second-order valence-electron chi connectivity index (χ2n) is 5.53. The molecular formula is C16H23NOS. The topological polar surface area (TPSA) is 12.5 Å². The highest BCUT2D eigenvalue weighted by Gasteiger charge is 2.26. The van der Waals surface area contributed by atoms with Crippen LogP contribution in [0.25, 0.3) is 0 Å². The molecule has 2 aliphatic rings. The minimum atomic E-state index is 0.476. The highest BCUT2D eigenvalue weighted by molar-refractivity contribution is 7.99.